The van der Waals surface area contributed by atoms with Crippen LogP contribution in [0.1, 0.15) is 24.5 Å². The Morgan fingerprint density at radius 1 is 1.47 bits per heavy atom. The lowest BCUT2D eigenvalue weighted by atomic mass is 10.1. The number of halogens is 1. The average Bonchev–Trinajstić information content (AvgIpc) is 2.24. The van der Waals surface area contributed by atoms with Gasteiger partial charge >= 0.3 is 5.97 Å². The molecule has 1 aromatic rings. The van der Waals surface area contributed by atoms with Crippen LogP contribution in [-0.2, 0) is 11.3 Å². The molecule has 0 radical (unpaired) electrons. The summed E-state index contributed by atoms with van der Waals surface area (Å²) in [4.78, 5) is 12.4. The molecule has 0 aliphatic carbocycles. The fraction of sp³-hybridized carbons (Fsp3) is 0.462. The van der Waals surface area contributed by atoms with Crippen LogP contribution in [0.25, 0.3) is 0 Å². The van der Waals surface area contributed by atoms with Crippen LogP contribution in [-0.4, -0.2) is 29.1 Å². The maximum atomic E-state index is 13.8. The number of benzene rings is 1. The molecule has 0 aliphatic rings. The lowest BCUT2D eigenvalue weighted by Gasteiger charge is -2.20. The van der Waals surface area contributed by atoms with Gasteiger partial charge in [0.1, 0.15) is 5.82 Å². The summed E-state index contributed by atoms with van der Waals surface area (Å²) in [5.74, 6) is -1.12. The van der Waals surface area contributed by atoms with E-state index in [1.165, 1.54) is 0 Å². The summed E-state index contributed by atoms with van der Waals surface area (Å²) in [5, 5.41) is 8.78. The van der Waals surface area contributed by atoms with Gasteiger partial charge in [-0.1, -0.05) is 25.1 Å². The molecular weight excluding hydrogens is 221 g/mol. The summed E-state index contributed by atoms with van der Waals surface area (Å²) in [6.07, 6.45) is 0.848. The van der Waals surface area contributed by atoms with Crippen LogP contribution in [0.2, 0.25) is 0 Å². The third kappa shape index (κ3) is 4.15. The molecular formula is C13H18FNO2. The van der Waals surface area contributed by atoms with E-state index in [9.17, 15) is 9.18 Å². The van der Waals surface area contributed by atoms with Crippen molar-refractivity contribution in [1.29, 1.82) is 0 Å². The molecule has 17 heavy (non-hydrogen) atoms. The number of carboxylic acids is 1. The molecule has 0 aromatic heterocycles. The van der Waals surface area contributed by atoms with E-state index in [1.807, 2.05) is 6.92 Å². The van der Waals surface area contributed by atoms with Gasteiger partial charge in [0.25, 0.3) is 0 Å². The molecule has 0 aliphatic heterocycles. The Kier molecular flexibility index (Phi) is 5.10. The summed E-state index contributed by atoms with van der Waals surface area (Å²) in [7, 11) is 0. The molecule has 94 valence electrons. The van der Waals surface area contributed by atoms with Crippen LogP contribution in [0.15, 0.2) is 18.2 Å². The molecule has 1 aromatic carbocycles. The van der Waals surface area contributed by atoms with Gasteiger partial charge in [-0.25, -0.2) is 4.39 Å². The van der Waals surface area contributed by atoms with E-state index in [4.69, 9.17) is 5.11 Å². The predicted octanol–water partition coefficient (Wildman–Crippen LogP) is 2.43. The van der Waals surface area contributed by atoms with Crippen molar-refractivity contribution in [1.82, 2.24) is 4.90 Å². The van der Waals surface area contributed by atoms with Crippen molar-refractivity contribution in [2.24, 2.45) is 0 Å². The van der Waals surface area contributed by atoms with Gasteiger partial charge in [0.2, 0.25) is 0 Å². The van der Waals surface area contributed by atoms with E-state index in [-0.39, 0.29) is 12.4 Å². The number of carboxylic acid groups (broad SMARTS) is 1. The number of rotatable bonds is 6. The Morgan fingerprint density at radius 3 is 2.76 bits per heavy atom. The standard InChI is InChI=1S/C13H18FNO2/c1-3-7-15(9-12(16)17)8-11-6-4-5-10(2)13(11)14/h4-6H,3,7-9H2,1-2H3,(H,16,17). The van der Waals surface area contributed by atoms with Gasteiger partial charge in [0.15, 0.2) is 0 Å². The lowest BCUT2D eigenvalue weighted by molar-refractivity contribution is -0.138. The maximum absolute atomic E-state index is 13.8. The summed E-state index contributed by atoms with van der Waals surface area (Å²) in [6.45, 7) is 4.62. The summed E-state index contributed by atoms with van der Waals surface area (Å²) in [6, 6.07) is 5.20. The van der Waals surface area contributed by atoms with Crippen molar-refractivity contribution < 1.29 is 14.3 Å². The van der Waals surface area contributed by atoms with Crippen LogP contribution < -0.4 is 0 Å². The number of hydrogen-bond donors (Lipinski definition) is 1. The molecule has 4 heteroatoms. The fourth-order valence-corrected chi connectivity index (χ4v) is 1.79. The normalized spacial score (nSPS) is 10.8. The molecule has 0 saturated carbocycles. The van der Waals surface area contributed by atoms with Crippen molar-refractivity contribution >= 4 is 5.97 Å². The second kappa shape index (κ2) is 6.35. The molecule has 0 bridgehead atoms. The first kappa shape index (κ1) is 13.6. The van der Waals surface area contributed by atoms with Crippen LogP contribution in [0.4, 0.5) is 4.39 Å². The lowest BCUT2D eigenvalue weighted by Crippen LogP contribution is -2.30. The van der Waals surface area contributed by atoms with E-state index in [2.05, 4.69) is 0 Å². The number of nitrogens with zero attached hydrogens (tertiary/aromatic N) is 1. The second-order valence-corrected chi connectivity index (χ2v) is 4.15. The Labute approximate surface area is 101 Å². The minimum Gasteiger partial charge on any atom is -0.480 e. The van der Waals surface area contributed by atoms with Crippen molar-refractivity contribution in [2.45, 2.75) is 26.8 Å². The van der Waals surface area contributed by atoms with E-state index in [0.717, 1.165) is 6.42 Å². The number of aliphatic carboxylic acids is 1. The van der Waals surface area contributed by atoms with Gasteiger partial charge < -0.3 is 5.11 Å². The van der Waals surface area contributed by atoms with E-state index >= 15 is 0 Å². The van der Waals surface area contributed by atoms with Crippen molar-refractivity contribution in [2.75, 3.05) is 13.1 Å². The molecule has 0 spiro atoms. The van der Waals surface area contributed by atoms with Gasteiger partial charge in [-0.2, -0.15) is 0 Å². The van der Waals surface area contributed by atoms with E-state index in [0.29, 0.717) is 24.2 Å². The van der Waals surface area contributed by atoms with E-state index in [1.54, 1.807) is 30.0 Å². The number of aryl methyl sites for hydroxylation is 1. The van der Waals surface area contributed by atoms with Crippen molar-refractivity contribution in [3.63, 3.8) is 0 Å². The third-order valence-electron chi connectivity index (χ3n) is 2.56. The van der Waals surface area contributed by atoms with E-state index < -0.39 is 5.97 Å². The second-order valence-electron chi connectivity index (χ2n) is 4.15. The fourth-order valence-electron chi connectivity index (χ4n) is 1.79. The van der Waals surface area contributed by atoms with Gasteiger partial charge in [-0.05, 0) is 25.5 Å². The molecule has 0 amide bonds. The molecule has 0 saturated heterocycles. The van der Waals surface area contributed by atoms with Gasteiger partial charge in [0.05, 0.1) is 6.54 Å². The molecule has 3 nitrogen and oxygen atoms in total. The highest BCUT2D eigenvalue weighted by Crippen LogP contribution is 2.14. The highest BCUT2D eigenvalue weighted by Gasteiger charge is 2.12. The molecule has 0 heterocycles. The van der Waals surface area contributed by atoms with Gasteiger partial charge in [-0.15, -0.1) is 0 Å². The highest BCUT2D eigenvalue weighted by atomic mass is 19.1. The monoisotopic (exact) mass is 239 g/mol. The summed E-state index contributed by atoms with van der Waals surface area (Å²) >= 11 is 0. The van der Waals surface area contributed by atoms with Crippen LogP contribution in [0.3, 0.4) is 0 Å². The zero-order valence-corrected chi connectivity index (χ0v) is 10.2. The Bertz CT molecular complexity index is 393. The summed E-state index contributed by atoms with van der Waals surface area (Å²) in [5.41, 5.74) is 1.15. The minimum absolute atomic E-state index is 0.0543. The van der Waals surface area contributed by atoms with Crippen LogP contribution in [0.5, 0.6) is 0 Å². The molecule has 0 atom stereocenters. The van der Waals surface area contributed by atoms with Crippen LogP contribution in [0, 0.1) is 12.7 Å². The zero-order valence-electron chi connectivity index (χ0n) is 10.2. The minimum atomic E-state index is -0.883. The largest absolute Gasteiger partial charge is 0.480 e. The van der Waals surface area contributed by atoms with Gasteiger partial charge in [-0.3, -0.25) is 9.69 Å². The first-order valence-corrected chi connectivity index (χ1v) is 5.72. The predicted molar refractivity (Wildman–Crippen MR) is 64.3 cm³/mol. The number of hydrogen-bond acceptors (Lipinski definition) is 2. The molecule has 0 fully saturated rings. The number of carbonyl (C=O) groups is 1. The average molecular weight is 239 g/mol. The highest BCUT2D eigenvalue weighted by molar-refractivity contribution is 5.69. The topological polar surface area (TPSA) is 40.5 Å². The smallest absolute Gasteiger partial charge is 0.317 e. The first-order valence-electron chi connectivity index (χ1n) is 5.72. The molecule has 0 unspecified atom stereocenters. The zero-order chi connectivity index (χ0) is 12.8. The Morgan fingerprint density at radius 2 is 2.18 bits per heavy atom. The third-order valence-corrected chi connectivity index (χ3v) is 2.56. The van der Waals surface area contributed by atoms with Crippen molar-refractivity contribution in [3.8, 4) is 0 Å². The van der Waals surface area contributed by atoms with Crippen molar-refractivity contribution in [3.05, 3.63) is 35.1 Å². The quantitative estimate of drug-likeness (QED) is 0.828. The SMILES string of the molecule is CCCN(CC(=O)O)Cc1cccc(C)c1F. The summed E-state index contributed by atoms with van der Waals surface area (Å²) < 4.78 is 13.8. The molecule has 1 N–H and O–H groups in total. The molecule has 1 rings (SSSR count). The first-order chi connectivity index (χ1) is 8.04. The Hall–Kier alpha value is -1.42. The van der Waals surface area contributed by atoms with Gasteiger partial charge in [0, 0.05) is 12.1 Å². The van der Waals surface area contributed by atoms with Crippen LogP contribution >= 0.6 is 0 Å². The maximum Gasteiger partial charge on any atom is 0.317 e. The Balaban J connectivity index is 2.78.